The van der Waals surface area contributed by atoms with Crippen LogP contribution in [-0.4, -0.2) is 23.6 Å². The number of carbonyl (C=O) groups is 1. The Hall–Kier alpha value is -3.26. The zero-order valence-electron chi connectivity index (χ0n) is 14.8. The number of ether oxygens (including phenoxy) is 2. The van der Waals surface area contributed by atoms with E-state index in [9.17, 15) is 4.79 Å². The predicted molar refractivity (Wildman–Crippen MR) is 98.4 cm³/mol. The van der Waals surface area contributed by atoms with Crippen molar-refractivity contribution in [3.05, 3.63) is 65.2 Å². The summed E-state index contributed by atoms with van der Waals surface area (Å²) in [5.41, 5.74) is 2.48. The van der Waals surface area contributed by atoms with Gasteiger partial charge in [-0.15, -0.1) is 0 Å². The zero-order chi connectivity index (χ0) is 18.5. The third kappa shape index (κ3) is 4.04. The van der Waals surface area contributed by atoms with Gasteiger partial charge in [0, 0.05) is 18.7 Å². The molecule has 0 saturated carbocycles. The van der Waals surface area contributed by atoms with Crippen LogP contribution < -0.4 is 9.47 Å². The maximum absolute atomic E-state index is 12.7. The average Bonchev–Trinajstić information content (AvgIpc) is 3.12. The SMILES string of the molecule is CC(C)N(Cc1ccc(C#N)cc1)C(=O)/C=C/c1ccc2c(c1)OCO2. The summed E-state index contributed by atoms with van der Waals surface area (Å²) in [6.07, 6.45) is 3.35. The minimum Gasteiger partial charge on any atom is -0.454 e. The number of fused-ring (bicyclic) bond motifs is 1. The molecule has 1 aliphatic rings. The fourth-order valence-corrected chi connectivity index (χ4v) is 2.68. The summed E-state index contributed by atoms with van der Waals surface area (Å²) in [6.45, 7) is 4.69. The molecule has 1 aliphatic heterocycles. The molecule has 3 rings (SSSR count). The number of hydrogen-bond donors (Lipinski definition) is 0. The van der Waals surface area contributed by atoms with Crippen LogP contribution in [0.5, 0.6) is 11.5 Å². The molecule has 0 bridgehead atoms. The van der Waals surface area contributed by atoms with Crippen LogP contribution in [0.2, 0.25) is 0 Å². The highest BCUT2D eigenvalue weighted by molar-refractivity contribution is 5.92. The Morgan fingerprint density at radius 3 is 2.62 bits per heavy atom. The highest BCUT2D eigenvalue weighted by Crippen LogP contribution is 2.32. The van der Waals surface area contributed by atoms with Crippen LogP contribution in [0.3, 0.4) is 0 Å². The van der Waals surface area contributed by atoms with Gasteiger partial charge in [0.05, 0.1) is 11.6 Å². The quantitative estimate of drug-likeness (QED) is 0.772. The van der Waals surface area contributed by atoms with E-state index in [0.717, 1.165) is 16.9 Å². The van der Waals surface area contributed by atoms with E-state index < -0.39 is 0 Å². The highest BCUT2D eigenvalue weighted by Gasteiger charge is 2.16. The summed E-state index contributed by atoms with van der Waals surface area (Å²) < 4.78 is 10.6. The Kier molecular flexibility index (Phi) is 5.23. The van der Waals surface area contributed by atoms with E-state index in [0.29, 0.717) is 17.9 Å². The number of amides is 1. The van der Waals surface area contributed by atoms with E-state index in [1.165, 1.54) is 0 Å². The predicted octanol–water partition coefficient (Wildman–Crippen LogP) is 3.74. The van der Waals surface area contributed by atoms with E-state index in [4.69, 9.17) is 14.7 Å². The molecule has 0 aliphatic carbocycles. The molecular formula is C21H20N2O3. The summed E-state index contributed by atoms with van der Waals surface area (Å²) in [5, 5.41) is 8.88. The molecule has 1 heterocycles. The van der Waals surface area contributed by atoms with Crippen LogP contribution in [-0.2, 0) is 11.3 Å². The van der Waals surface area contributed by atoms with E-state index in [1.54, 1.807) is 29.2 Å². The Bertz CT molecular complexity index is 864. The molecule has 0 radical (unpaired) electrons. The fraction of sp³-hybridized carbons (Fsp3) is 0.238. The second kappa shape index (κ2) is 7.75. The van der Waals surface area contributed by atoms with Crippen molar-refractivity contribution in [3.63, 3.8) is 0 Å². The lowest BCUT2D eigenvalue weighted by Gasteiger charge is -2.25. The van der Waals surface area contributed by atoms with Gasteiger partial charge in [-0.3, -0.25) is 4.79 Å². The molecule has 5 heteroatoms. The molecule has 132 valence electrons. The van der Waals surface area contributed by atoms with Crippen LogP contribution >= 0.6 is 0 Å². The number of carbonyl (C=O) groups excluding carboxylic acids is 1. The minimum atomic E-state index is -0.0676. The molecule has 0 atom stereocenters. The lowest BCUT2D eigenvalue weighted by atomic mass is 10.1. The first-order chi connectivity index (χ1) is 12.6. The van der Waals surface area contributed by atoms with Crippen molar-refractivity contribution in [2.75, 3.05) is 6.79 Å². The molecule has 2 aromatic carbocycles. The third-order valence-corrected chi connectivity index (χ3v) is 4.16. The van der Waals surface area contributed by atoms with Crippen molar-refractivity contribution in [2.24, 2.45) is 0 Å². The van der Waals surface area contributed by atoms with Gasteiger partial charge >= 0.3 is 0 Å². The Labute approximate surface area is 153 Å². The van der Waals surface area contributed by atoms with Crippen LogP contribution in [0.25, 0.3) is 6.08 Å². The zero-order valence-corrected chi connectivity index (χ0v) is 14.8. The maximum atomic E-state index is 12.7. The normalized spacial score (nSPS) is 12.4. The number of hydrogen-bond acceptors (Lipinski definition) is 4. The Balaban J connectivity index is 1.71. The summed E-state index contributed by atoms with van der Waals surface area (Å²) in [4.78, 5) is 14.4. The first-order valence-corrected chi connectivity index (χ1v) is 8.44. The largest absolute Gasteiger partial charge is 0.454 e. The molecule has 5 nitrogen and oxygen atoms in total. The fourth-order valence-electron chi connectivity index (χ4n) is 2.68. The first kappa shape index (κ1) is 17.6. The van der Waals surface area contributed by atoms with Gasteiger partial charge < -0.3 is 14.4 Å². The van der Waals surface area contributed by atoms with Gasteiger partial charge in [-0.1, -0.05) is 18.2 Å². The van der Waals surface area contributed by atoms with Gasteiger partial charge in [-0.05, 0) is 55.3 Å². The van der Waals surface area contributed by atoms with E-state index >= 15 is 0 Å². The number of benzene rings is 2. The molecule has 0 N–H and O–H groups in total. The molecule has 0 fully saturated rings. The second-order valence-electron chi connectivity index (χ2n) is 6.31. The topological polar surface area (TPSA) is 62.6 Å². The number of rotatable bonds is 5. The standard InChI is InChI=1S/C21H20N2O3/c1-15(2)23(13-18-5-3-17(12-22)4-6-18)21(24)10-8-16-7-9-19-20(11-16)26-14-25-19/h3-11,15H,13-14H2,1-2H3/b10-8+. The molecule has 0 aromatic heterocycles. The van der Waals surface area contributed by atoms with Crippen molar-refractivity contribution in [2.45, 2.75) is 26.4 Å². The summed E-state index contributed by atoms with van der Waals surface area (Å²) in [5.74, 6) is 1.35. The second-order valence-corrected chi connectivity index (χ2v) is 6.31. The molecule has 0 unspecified atom stereocenters. The molecule has 0 spiro atoms. The van der Waals surface area contributed by atoms with Gasteiger partial charge in [-0.25, -0.2) is 0 Å². The van der Waals surface area contributed by atoms with Crippen LogP contribution in [0, 0.1) is 11.3 Å². The first-order valence-electron chi connectivity index (χ1n) is 8.44. The molecule has 2 aromatic rings. The van der Waals surface area contributed by atoms with Gasteiger partial charge in [-0.2, -0.15) is 5.26 Å². The molecule has 1 amide bonds. The van der Waals surface area contributed by atoms with Crippen molar-refractivity contribution in [1.29, 1.82) is 5.26 Å². The van der Waals surface area contributed by atoms with E-state index in [1.807, 2.05) is 44.2 Å². The average molecular weight is 348 g/mol. The van der Waals surface area contributed by atoms with Crippen LogP contribution in [0.1, 0.15) is 30.5 Å². The van der Waals surface area contributed by atoms with Crippen molar-refractivity contribution in [1.82, 2.24) is 4.90 Å². The summed E-state index contributed by atoms with van der Waals surface area (Å²) >= 11 is 0. The number of nitrogens with zero attached hydrogens (tertiary/aromatic N) is 2. The lowest BCUT2D eigenvalue weighted by Crippen LogP contribution is -2.35. The smallest absolute Gasteiger partial charge is 0.247 e. The Morgan fingerprint density at radius 1 is 1.19 bits per heavy atom. The minimum absolute atomic E-state index is 0.0551. The van der Waals surface area contributed by atoms with E-state index in [2.05, 4.69) is 6.07 Å². The lowest BCUT2D eigenvalue weighted by molar-refractivity contribution is -0.128. The molecule has 26 heavy (non-hydrogen) atoms. The third-order valence-electron chi connectivity index (χ3n) is 4.16. The molecule has 0 saturated heterocycles. The van der Waals surface area contributed by atoms with Crippen LogP contribution in [0.4, 0.5) is 0 Å². The van der Waals surface area contributed by atoms with Crippen molar-refractivity contribution < 1.29 is 14.3 Å². The van der Waals surface area contributed by atoms with Gasteiger partial charge in [0.1, 0.15) is 0 Å². The van der Waals surface area contributed by atoms with Gasteiger partial charge in [0.15, 0.2) is 11.5 Å². The monoisotopic (exact) mass is 348 g/mol. The van der Waals surface area contributed by atoms with Crippen LogP contribution in [0.15, 0.2) is 48.5 Å². The van der Waals surface area contributed by atoms with Gasteiger partial charge in [0.2, 0.25) is 12.7 Å². The molecular weight excluding hydrogens is 328 g/mol. The maximum Gasteiger partial charge on any atom is 0.247 e. The highest BCUT2D eigenvalue weighted by atomic mass is 16.7. The number of nitriles is 1. The van der Waals surface area contributed by atoms with Crippen molar-refractivity contribution >= 4 is 12.0 Å². The van der Waals surface area contributed by atoms with Gasteiger partial charge in [0.25, 0.3) is 0 Å². The van der Waals surface area contributed by atoms with E-state index in [-0.39, 0.29) is 18.7 Å². The van der Waals surface area contributed by atoms with Crippen molar-refractivity contribution in [3.8, 4) is 17.6 Å². The summed E-state index contributed by atoms with van der Waals surface area (Å²) in [7, 11) is 0. The summed E-state index contributed by atoms with van der Waals surface area (Å²) in [6, 6.07) is 15.0. The Morgan fingerprint density at radius 2 is 1.92 bits per heavy atom.